The van der Waals surface area contributed by atoms with Crippen molar-refractivity contribution in [1.82, 2.24) is 4.58 Å². The summed E-state index contributed by atoms with van der Waals surface area (Å²) in [7, 11) is -4.68. The van der Waals surface area contributed by atoms with Gasteiger partial charge in [0.15, 0.2) is 5.58 Å². The molecule has 4 rings (SSSR count). The van der Waals surface area contributed by atoms with Crippen molar-refractivity contribution >= 4 is 26.8 Å². The SMILES string of the molecule is CCN(CC)c1cccc2c(-c3ccccc3S(=O)(=O)[O-])c3ccc(=[N+](CC)CC)cc-3oc12. The molecule has 0 aromatic heterocycles. The molecule has 2 aromatic rings. The van der Waals surface area contributed by atoms with E-state index >= 15 is 0 Å². The van der Waals surface area contributed by atoms with E-state index in [0.29, 0.717) is 22.5 Å². The lowest BCUT2D eigenvalue weighted by Crippen LogP contribution is -2.29. The minimum absolute atomic E-state index is 0.232. The van der Waals surface area contributed by atoms with Crippen molar-refractivity contribution in [2.24, 2.45) is 0 Å². The van der Waals surface area contributed by atoms with Crippen LogP contribution in [0.4, 0.5) is 5.69 Å². The van der Waals surface area contributed by atoms with Crippen LogP contribution in [0.2, 0.25) is 0 Å². The summed E-state index contributed by atoms with van der Waals surface area (Å²) in [6.45, 7) is 11.7. The summed E-state index contributed by atoms with van der Waals surface area (Å²) in [6, 6.07) is 18.3. The minimum atomic E-state index is -4.68. The first-order valence-corrected chi connectivity index (χ1v) is 13.1. The topological polar surface area (TPSA) is 76.6 Å². The van der Waals surface area contributed by atoms with Gasteiger partial charge in [-0.15, -0.1) is 0 Å². The molecular weight excluding hydrogens is 448 g/mol. The molecule has 2 aromatic carbocycles. The van der Waals surface area contributed by atoms with Crippen LogP contribution in [0.25, 0.3) is 33.4 Å². The van der Waals surface area contributed by atoms with E-state index in [9.17, 15) is 13.0 Å². The van der Waals surface area contributed by atoms with Crippen molar-refractivity contribution < 1.29 is 17.4 Å². The summed E-state index contributed by atoms with van der Waals surface area (Å²) in [5.74, 6) is 0.643. The first-order valence-electron chi connectivity index (χ1n) is 11.7. The van der Waals surface area contributed by atoms with Crippen LogP contribution in [0.15, 0.2) is 70.0 Å². The molecule has 1 aliphatic heterocycles. The number of fused-ring (bicyclic) bond motifs is 2. The second-order valence-electron chi connectivity index (χ2n) is 8.11. The summed E-state index contributed by atoms with van der Waals surface area (Å²) in [6.07, 6.45) is 0. The van der Waals surface area contributed by atoms with Crippen molar-refractivity contribution in [3.8, 4) is 22.5 Å². The van der Waals surface area contributed by atoms with Crippen LogP contribution in [-0.2, 0) is 10.1 Å². The van der Waals surface area contributed by atoms with Crippen LogP contribution in [0.1, 0.15) is 27.7 Å². The Hall–Kier alpha value is -3.16. The molecule has 178 valence electrons. The molecule has 2 aliphatic rings. The lowest BCUT2D eigenvalue weighted by atomic mass is 9.93. The van der Waals surface area contributed by atoms with Gasteiger partial charge in [0.25, 0.3) is 0 Å². The predicted molar refractivity (Wildman–Crippen MR) is 136 cm³/mol. The van der Waals surface area contributed by atoms with Crippen LogP contribution in [0.3, 0.4) is 0 Å². The third-order valence-corrected chi connectivity index (χ3v) is 7.26. The monoisotopic (exact) mass is 478 g/mol. The van der Waals surface area contributed by atoms with E-state index in [4.69, 9.17) is 4.42 Å². The summed E-state index contributed by atoms with van der Waals surface area (Å²) in [4.78, 5) is 1.97. The van der Waals surface area contributed by atoms with Crippen LogP contribution in [0, 0.1) is 0 Å². The number of anilines is 1. The van der Waals surface area contributed by atoms with Gasteiger partial charge in [0.2, 0.25) is 5.36 Å². The Labute approximate surface area is 200 Å². The van der Waals surface area contributed by atoms with Crippen molar-refractivity contribution in [2.75, 3.05) is 31.1 Å². The number of benzene rings is 3. The van der Waals surface area contributed by atoms with E-state index in [1.54, 1.807) is 18.2 Å². The average Bonchev–Trinajstić information content (AvgIpc) is 2.83. The van der Waals surface area contributed by atoms with Gasteiger partial charge < -0.3 is 13.9 Å². The van der Waals surface area contributed by atoms with E-state index < -0.39 is 10.1 Å². The van der Waals surface area contributed by atoms with Crippen LogP contribution >= 0.6 is 0 Å². The Balaban J connectivity index is 2.23. The Morgan fingerprint density at radius 3 is 2.24 bits per heavy atom. The van der Waals surface area contributed by atoms with Crippen molar-refractivity contribution in [2.45, 2.75) is 32.6 Å². The second kappa shape index (κ2) is 9.60. The second-order valence-corrected chi connectivity index (χ2v) is 9.45. The Morgan fingerprint density at radius 2 is 1.59 bits per heavy atom. The molecule has 0 amide bonds. The highest BCUT2D eigenvalue weighted by atomic mass is 32.2. The molecule has 1 aliphatic carbocycles. The van der Waals surface area contributed by atoms with Crippen LogP contribution < -0.4 is 14.8 Å². The highest BCUT2D eigenvalue weighted by Crippen LogP contribution is 2.44. The highest BCUT2D eigenvalue weighted by molar-refractivity contribution is 7.85. The standard InChI is InChI=1S/C27H30N2O4S/c1-5-28(6-2)19-16-17-20-24(18-19)33-27-22(13-11-14-23(27)29(7-3)8-4)26(20)21-12-9-10-15-25(21)34(30,31)32/h9-18H,5-8H2,1-4H3. The maximum absolute atomic E-state index is 12.2. The molecule has 6 nitrogen and oxygen atoms in total. The molecule has 0 saturated carbocycles. The maximum atomic E-state index is 12.2. The largest absolute Gasteiger partial charge is 0.744 e. The van der Waals surface area contributed by atoms with E-state index in [2.05, 4.69) is 37.2 Å². The normalized spacial score (nSPS) is 11.8. The van der Waals surface area contributed by atoms with Gasteiger partial charge in [0, 0.05) is 41.2 Å². The van der Waals surface area contributed by atoms with E-state index in [1.165, 1.54) is 6.07 Å². The molecule has 34 heavy (non-hydrogen) atoms. The Bertz CT molecular complexity index is 1480. The summed E-state index contributed by atoms with van der Waals surface area (Å²) < 4.78 is 45.3. The molecular formula is C27H30N2O4S. The number of para-hydroxylation sites is 1. The van der Waals surface area contributed by atoms with Gasteiger partial charge in [0.1, 0.15) is 29.0 Å². The van der Waals surface area contributed by atoms with Gasteiger partial charge in [-0.05, 0) is 45.9 Å². The van der Waals surface area contributed by atoms with Crippen LogP contribution in [-0.4, -0.2) is 39.1 Å². The highest BCUT2D eigenvalue weighted by Gasteiger charge is 2.23. The van der Waals surface area contributed by atoms with E-state index in [-0.39, 0.29) is 4.90 Å². The molecule has 7 heteroatoms. The predicted octanol–water partition coefficient (Wildman–Crippen LogP) is 4.77. The fourth-order valence-electron chi connectivity index (χ4n) is 4.67. The molecule has 0 bridgehead atoms. The summed E-state index contributed by atoms with van der Waals surface area (Å²) in [5.41, 5.74) is 3.43. The van der Waals surface area contributed by atoms with Gasteiger partial charge in [0.05, 0.1) is 16.6 Å². The van der Waals surface area contributed by atoms with Gasteiger partial charge >= 0.3 is 0 Å². The summed E-state index contributed by atoms with van der Waals surface area (Å²) >= 11 is 0. The molecule has 0 atom stereocenters. The molecule has 0 spiro atoms. The zero-order valence-electron chi connectivity index (χ0n) is 20.0. The van der Waals surface area contributed by atoms with E-state index in [0.717, 1.165) is 48.2 Å². The molecule has 0 unspecified atom stereocenters. The van der Waals surface area contributed by atoms with Gasteiger partial charge in [-0.25, -0.2) is 13.0 Å². The minimum Gasteiger partial charge on any atom is -0.744 e. The van der Waals surface area contributed by atoms with E-state index in [1.807, 2.05) is 36.4 Å². The Kier molecular flexibility index (Phi) is 6.77. The van der Waals surface area contributed by atoms with Crippen LogP contribution in [0.5, 0.6) is 0 Å². The quantitative estimate of drug-likeness (QED) is 0.217. The smallest absolute Gasteiger partial charge is 0.203 e. The number of hydrogen-bond acceptors (Lipinski definition) is 5. The lowest BCUT2D eigenvalue weighted by molar-refractivity contribution is 0.463. The Morgan fingerprint density at radius 1 is 0.882 bits per heavy atom. The summed E-state index contributed by atoms with van der Waals surface area (Å²) in [5, 5.41) is 1.79. The fraction of sp³-hybridized carbons (Fsp3) is 0.296. The first kappa shape index (κ1) is 24.0. The van der Waals surface area contributed by atoms with Gasteiger partial charge in [-0.1, -0.05) is 30.3 Å². The zero-order chi connectivity index (χ0) is 24.5. The lowest BCUT2D eigenvalue weighted by Gasteiger charge is -2.24. The number of hydrogen-bond donors (Lipinski definition) is 0. The van der Waals surface area contributed by atoms with Gasteiger partial charge in [-0.3, -0.25) is 0 Å². The molecule has 0 saturated heterocycles. The van der Waals surface area contributed by atoms with Crippen molar-refractivity contribution in [3.63, 3.8) is 0 Å². The fourth-order valence-corrected chi connectivity index (χ4v) is 5.35. The molecule has 0 N–H and O–H groups in total. The first-order chi connectivity index (χ1) is 16.3. The molecule has 1 heterocycles. The van der Waals surface area contributed by atoms with Crippen molar-refractivity contribution in [1.29, 1.82) is 0 Å². The number of nitrogens with zero attached hydrogens (tertiary/aromatic N) is 2. The third kappa shape index (κ3) is 4.21. The molecule has 0 fully saturated rings. The molecule has 0 radical (unpaired) electrons. The maximum Gasteiger partial charge on any atom is 0.203 e. The third-order valence-electron chi connectivity index (χ3n) is 6.37. The number of rotatable bonds is 7. The average molecular weight is 479 g/mol. The van der Waals surface area contributed by atoms with Crippen molar-refractivity contribution in [3.05, 3.63) is 66.0 Å². The zero-order valence-corrected chi connectivity index (χ0v) is 20.9. The van der Waals surface area contributed by atoms with Gasteiger partial charge in [-0.2, -0.15) is 0 Å².